The van der Waals surface area contributed by atoms with E-state index in [-0.39, 0.29) is 5.91 Å². The summed E-state index contributed by atoms with van der Waals surface area (Å²) in [5, 5.41) is 8.58. The van der Waals surface area contributed by atoms with Gasteiger partial charge in [-0.15, -0.1) is 11.3 Å². The van der Waals surface area contributed by atoms with E-state index >= 15 is 0 Å². The van der Waals surface area contributed by atoms with Crippen LogP contribution in [-0.2, 0) is 0 Å². The summed E-state index contributed by atoms with van der Waals surface area (Å²) in [6.07, 6.45) is 0. The Kier molecular flexibility index (Phi) is 3.86. The summed E-state index contributed by atoms with van der Waals surface area (Å²) in [6.45, 7) is 4.03. The molecule has 25 heavy (non-hydrogen) atoms. The molecule has 0 radical (unpaired) electrons. The number of hydrogen-bond donors (Lipinski definition) is 1. The van der Waals surface area contributed by atoms with Gasteiger partial charge >= 0.3 is 0 Å². The van der Waals surface area contributed by atoms with Gasteiger partial charge in [-0.05, 0) is 44.2 Å². The van der Waals surface area contributed by atoms with Crippen molar-refractivity contribution in [3.8, 4) is 5.69 Å². The number of fused-ring (bicyclic) bond motifs is 1. The fraction of sp³-hybridized carbons (Fsp3) is 0.100. The van der Waals surface area contributed by atoms with E-state index in [1.807, 2.05) is 60.1 Å². The van der Waals surface area contributed by atoms with Gasteiger partial charge in [0.15, 0.2) is 0 Å². The summed E-state index contributed by atoms with van der Waals surface area (Å²) in [6, 6.07) is 19.6. The molecule has 0 atom stereocenters. The number of para-hydroxylation sites is 1. The number of rotatable bonds is 3. The number of benzene rings is 2. The third kappa shape index (κ3) is 2.94. The van der Waals surface area contributed by atoms with Crippen molar-refractivity contribution in [1.82, 2.24) is 9.78 Å². The first-order valence-electron chi connectivity index (χ1n) is 8.04. The number of carbonyl (C=O) groups is 1. The molecule has 0 fully saturated rings. The van der Waals surface area contributed by atoms with Crippen LogP contribution < -0.4 is 5.32 Å². The van der Waals surface area contributed by atoms with Gasteiger partial charge in [-0.3, -0.25) is 4.79 Å². The van der Waals surface area contributed by atoms with Crippen LogP contribution in [0.4, 0.5) is 5.69 Å². The van der Waals surface area contributed by atoms with Crippen LogP contribution in [0.25, 0.3) is 15.9 Å². The molecule has 4 rings (SSSR count). The minimum Gasteiger partial charge on any atom is -0.321 e. The van der Waals surface area contributed by atoms with Crippen LogP contribution in [0.2, 0.25) is 0 Å². The number of anilines is 1. The number of hydrogen-bond acceptors (Lipinski definition) is 3. The normalized spacial score (nSPS) is 11.0. The number of amides is 1. The Bertz CT molecular complexity index is 1050. The van der Waals surface area contributed by atoms with Gasteiger partial charge in [-0.2, -0.15) is 5.10 Å². The molecule has 4 aromatic rings. The average molecular weight is 347 g/mol. The molecule has 2 heterocycles. The molecule has 124 valence electrons. The molecule has 0 saturated carbocycles. The Balaban J connectivity index is 1.72. The standard InChI is InChI=1S/C20H17N3OS/c1-13-8-10-16(11-9-13)23-20-17(14(2)22-23)12-18(25-20)19(24)21-15-6-4-3-5-7-15/h3-12H,1-2H3,(H,21,24). The lowest BCUT2D eigenvalue weighted by Gasteiger charge is -2.03. The van der Waals surface area contributed by atoms with Crippen molar-refractivity contribution in [1.29, 1.82) is 0 Å². The lowest BCUT2D eigenvalue weighted by molar-refractivity contribution is 0.103. The maximum absolute atomic E-state index is 12.6. The number of nitrogens with zero attached hydrogens (tertiary/aromatic N) is 2. The highest BCUT2D eigenvalue weighted by Crippen LogP contribution is 2.31. The van der Waals surface area contributed by atoms with Crippen LogP contribution in [0.3, 0.4) is 0 Å². The molecule has 5 heteroatoms. The summed E-state index contributed by atoms with van der Waals surface area (Å²) in [5.41, 5.74) is 3.92. The molecule has 4 nitrogen and oxygen atoms in total. The fourth-order valence-electron chi connectivity index (χ4n) is 2.73. The molecule has 1 N–H and O–H groups in total. The molecule has 2 aromatic carbocycles. The van der Waals surface area contributed by atoms with Crippen LogP contribution in [0.1, 0.15) is 20.9 Å². The molecule has 0 saturated heterocycles. The van der Waals surface area contributed by atoms with Crippen LogP contribution >= 0.6 is 11.3 Å². The first kappa shape index (κ1) is 15.6. The minimum absolute atomic E-state index is 0.0951. The molecular weight excluding hydrogens is 330 g/mol. The van der Waals surface area contributed by atoms with Gasteiger partial charge < -0.3 is 5.32 Å². The van der Waals surface area contributed by atoms with Crippen molar-refractivity contribution in [2.45, 2.75) is 13.8 Å². The lowest BCUT2D eigenvalue weighted by Crippen LogP contribution is -2.09. The van der Waals surface area contributed by atoms with Crippen molar-refractivity contribution in [2.24, 2.45) is 0 Å². The van der Waals surface area contributed by atoms with Crippen LogP contribution in [0.15, 0.2) is 60.7 Å². The van der Waals surface area contributed by atoms with Crippen LogP contribution in [0, 0.1) is 13.8 Å². The Morgan fingerprint density at radius 3 is 2.48 bits per heavy atom. The van der Waals surface area contributed by atoms with Gasteiger partial charge in [0.1, 0.15) is 4.83 Å². The molecular formula is C20H17N3OS. The molecule has 0 bridgehead atoms. The third-order valence-corrected chi connectivity index (χ3v) is 5.19. The quantitative estimate of drug-likeness (QED) is 0.569. The topological polar surface area (TPSA) is 46.9 Å². The number of aromatic nitrogens is 2. The molecule has 1 amide bonds. The minimum atomic E-state index is -0.0951. The van der Waals surface area contributed by atoms with E-state index in [0.29, 0.717) is 4.88 Å². The maximum atomic E-state index is 12.6. The summed E-state index contributed by atoms with van der Waals surface area (Å²) in [7, 11) is 0. The second-order valence-electron chi connectivity index (χ2n) is 5.98. The third-order valence-electron chi connectivity index (χ3n) is 4.08. The van der Waals surface area contributed by atoms with Gasteiger partial charge in [0.05, 0.1) is 16.3 Å². The van der Waals surface area contributed by atoms with E-state index in [2.05, 4.69) is 29.5 Å². The predicted molar refractivity (Wildman–Crippen MR) is 103 cm³/mol. The number of aryl methyl sites for hydroxylation is 2. The highest BCUT2D eigenvalue weighted by atomic mass is 32.1. The monoisotopic (exact) mass is 347 g/mol. The van der Waals surface area contributed by atoms with Gasteiger partial charge in [0.25, 0.3) is 5.91 Å². The second kappa shape index (κ2) is 6.18. The zero-order valence-corrected chi connectivity index (χ0v) is 14.8. The SMILES string of the molecule is Cc1ccc(-n2nc(C)c3cc(C(=O)Nc4ccccc4)sc32)cc1. The first-order valence-corrected chi connectivity index (χ1v) is 8.86. The molecule has 0 aliphatic carbocycles. The van der Waals surface area contributed by atoms with Gasteiger partial charge in [-0.25, -0.2) is 4.68 Å². The van der Waals surface area contributed by atoms with Crippen molar-refractivity contribution >= 4 is 33.1 Å². The largest absolute Gasteiger partial charge is 0.321 e. The maximum Gasteiger partial charge on any atom is 0.265 e. The number of carbonyl (C=O) groups excluding carboxylic acids is 1. The zero-order valence-electron chi connectivity index (χ0n) is 14.0. The highest BCUT2D eigenvalue weighted by molar-refractivity contribution is 7.20. The first-order chi connectivity index (χ1) is 12.1. The molecule has 0 spiro atoms. The lowest BCUT2D eigenvalue weighted by atomic mass is 10.2. The Morgan fingerprint density at radius 2 is 1.76 bits per heavy atom. The van der Waals surface area contributed by atoms with E-state index in [1.165, 1.54) is 16.9 Å². The molecule has 0 aliphatic heterocycles. The molecule has 0 unspecified atom stereocenters. The van der Waals surface area contributed by atoms with Crippen molar-refractivity contribution < 1.29 is 4.79 Å². The van der Waals surface area contributed by atoms with Crippen LogP contribution in [-0.4, -0.2) is 15.7 Å². The summed E-state index contributed by atoms with van der Waals surface area (Å²) < 4.78 is 1.91. The summed E-state index contributed by atoms with van der Waals surface area (Å²) in [4.78, 5) is 14.2. The van der Waals surface area contributed by atoms with Crippen molar-refractivity contribution in [3.63, 3.8) is 0 Å². The average Bonchev–Trinajstić information content (AvgIpc) is 3.18. The Hall–Kier alpha value is -2.92. The van der Waals surface area contributed by atoms with E-state index in [4.69, 9.17) is 0 Å². The molecule has 0 aliphatic rings. The predicted octanol–water partition coefficient (Wildman–Crippen LogP) is 4.96. The van der Waals surface area contributed by atoms with Gasteiger partial charge in [0, 0.05) is 11.1 Å². The van der Waals surface area contributed by atoms with Crippen molar-refractivity contribution in [2.75, 3.05) is 5.32 Å². The summed E-state index contributed by atoms with van der Waals surface area (Å²) >= 11 is 1.46. The van der Waals surface area contributed by atoms with E-state index in [0.717, 1.165) is 27.3 Å². The zero-order chi connectivity index (χ0) is 17.4. The smallest absolute Gasteiger partial charge is 0.265 e. The van der Waals surface area contributed by atoms with Gasteiger partial charge in [-0.1, -0.05) is 35.9 Å². The van der Waals surface area contributed by atoms with Crippen molar-refractivity contribution in [3.05, 3.63) is 76.8 Å². The summed E-state index contributed by atoms with van der Waals surface area (Å²) in [5.74, 6) is -0.0951. The number of thiophene rings is 1. The fourth-order valence-corrected chi connectivity index (χ4v) is 3.81. The Labute approximate surface area is 149 Å². The molecule has 2 aromatic heterocycles. The highest BCUT2D eigenvalue weighted by Gasteiger charge is 2.17. The number of nitrogens with one attached hydrogen (secondary N) is 1. The van der Waals surface area contributed by atoms with E-state index in [1.54, 1.807) is 0 Å². The van der Waals surface area contributed by atoms with E-state index in [9.17, 15) is 4.79 Å². The van der Waals surface area contributed by atoms with E-state index < -0.39 is 0 Å². The van der Waals surface area contributed by atoms with Gasteiger partial charge in [0.2, 0.25) is 0 Å². The van der Waals surface area contributed by atoms with Crippen LogP contribution in [0.5, 0.6) is 0 Å². The Morgan fingerprint density at radius 1 is 1.04 bits per heavy atom. The second-order valence-corrected chi connectivity index (χ2v) is 7.01.